The Morgan fingerprint density at radius 2 is 1.49 bits per heavy atom. The molecule has 1 saturated carbocycles. The number of amides is 2. The molecule has 0 unspecified atom stereocenters. The number of anilines is 1. The van der Waals surface area contributed by atoms with Gasteiger partial charge in [0.05, 0.1) is 11.9 Å². The number of halogens is 3. The summed E-state index contributed by atoms with van der Waals surface area (Å²) in [5.41, 5.74) is 2.11. The zero-order chi connectivity index (χ0) is 31.1. The van der Waals surface area contributed by atoms with Crippen LogP contribution in [0, 0.1) is 6.92 Å². The Balaban J connectivity index is 1.78. The molecule has 0 saturated heterocycles. The van der Waals surface area contributed by atoms with Crippen LogP contribution in [0.1, 0.15) is 48.8 Å². The average Bonchev–Trinajstić information content (AvgIpc) is 2.97. The molecule has 0 aliphatic heterocycles. The van der Waals surface area contributed by atoms with E-state index in [0.29, 0.717) is 26.2 Å². The number of nitrogens with one attached hydrogen (secondary N) is 1. The van der Waals surface area contributed by atoms with E-state index in [9.17, 15) is 18.0 Å². The SMILES string of the molecule is Cc1c(Cl)cccc1N(CC(=O)N(Cc1c(Cl)cccc1Cl)[C@H](Cc1ccccc1)C(=O)NC1CCCCC1)S(C)(=O)=O. The molecule has 0 spiro atoms. The first-order chi connectivity index (χ1) is 20.5. The first-order valence-corrected chi connectivity index (χ1v) is 17.2. The van der Waals surface area contributed by atoms with Gasteiger partial charge in [-0.2, -0.15) is 0 Å². The van der Waals surface area contributed by atoms with Crippen molar-refractivity contribution in [3.63, 3.8) is 0 Å². The van der Waals surface area contributed by atoms with Crippen LogP contribution in [0.5, 0.6) is 0 Å². The van der Waals surface area contributed by atoms with E-state index < -0.39 is 28.5 Å². The number of carbonyl (C=O) groups is 2. The third-order valence-corrected chi connectivity index (χ3v) is 10.0. The highest BCUT2D eigenvalue weighted by Gasteiger charge is 2.35. The van der Waals surface area contributed by atoms with Crippen molar-refractivity contribution < 1.29 is 18.0 Å². The van der Waals surface area contributed by atoms with Gasteiger partial charge in [0.15, 0.2) is 0 Å². The highest BCUT2D eigenvalue weighted by molar-refractivity contribution is 7.92. The lowest BCUT2D eigenvalue weighted by Crippen LogP contribution is -2.55. The van der Waals surface area contributed by atoms with Gasteiger partial charge in [0.25, 0.3) is 0 Å². The summed E-state index contributed by atoms with van der Waals surface area (Å²) in [7, 11) is -3.93. The third kappa shape index (κ3) is 8.66. The van der Waals surface area contributed by atoms with Gasteiger partial charge in [0.1, 0.15) is 12.6 Å². The van der Waals surface area contributed by atoms with E-state index in [1.807, 2.05) is 30.3 Å². The second-order valence-corrected chi connectivity index (χ2v) is 14.1. The molecule has 0 bridgehead atoms. The average molecular weight is 665 g/mol. The van der Waals surface area contributed by atoms with Crippen molar-refractivity contribution in [2.75, 3.05) is 17.1 Å². The Bertz CT molecular complexity index is 1530. The maximum absolute atomic E-state index is 14.3. The van der Waals surface area contributed by atoms with Gasteiger partial charge in [-0.15, -0.1) is 0 Å². The lowest BCUT2D eigenvalue weighted by atomic mass is 9.94. The summed E-state index contributed by atoms with van der Waals surface area (Å²) >= 11 is 19.4. The van der Waals surface area contributed by atoms with E-state index in [2.05, 4.69) is 5.32 Å². The quantitative estimate of drug-likeness (QED) is 0.244. The molecule has 3 aromatic carbocycles. The number of hydrogen-bond acceptors (Lipinski definition) is 4. The van der Waals surface area contributed by atoms with E-state index in [4.69, 9.17) is 34.8 Å². The summed E-state index contributed by atoms with van der Waals surface area (Å²) in [4.78, 5) is 29.8. The van der Waals surface area contributed by atoms with Crippen molar-refractivity contribution in [3.8, 4) is 0 Å². The molecule has 230 valence electrons. The molecule has 4 rings (SSSR count). The molecule has 0 radical (unpaired) electrons. The zero-order valence-corrected chi connectivity index (χ0v) is 27.3. The topological polar surface area (TPSA) is 86.8 Å². The van der Waals surface area contributed by atoms with E-state index in [-0.39, 0.29) is 30.6 Å². The van der Waals surface area contributed by atoms with Crippen LogP contribution in [-0.4, -0.2) is 50.0 Å². The van der Waals surface area contributed by atoms with Crippen molar-refractivity contribution in [1.82, 2.24) is 10.2 Å². The van der Waals surface area contributed by atoms with Gasteiger partial charge in [-0.05, 0) is 55.2 Å². The largest absolute Gasteiger partial charge is 0.352 e. The normalized spacial score (nSPS) is 14.6. The van der Waals surface area contributed by atoms with E-state index >= 15 is 0 Å². The van der Waals surface area contributed by atoms with Crippen LogP contribution in [0.15, 0.2) is 66.7 Å². The summed E-state index contributed by atoms with van der Waals surface area (Å²) in [6, 6.07) is 18.4. The standard InChI is InChI=1S/C32H36Cl3N3O4S/c1-22-26(33)15-10-18-29(22)38(43(2,41)42)21-31(39)37(20-25-27(34)16-9-17-28(25)35)30(19-23-11-5-3-6-12-23)32(40)36-24-13-7-4-8-14-24/h3,5-6,9-12,15-18,24,30H,4,7-8,13-14,19-21H2,1-2H3,(H,36,40)/t30-/m1/s1. The Kier molecular flexibility index (Phi) is 11.4. The summed E-state index contributed by atoms with van der Waals surface area (Å²) in [6.45, 7) is 1.04. The highest BCUT2D eigenvalue weighted by atomic mass is 35.5. The first kappa shape index (κ1) is 33.1. The van der Waals surface area contributed by atoms with Gasteiger partial charge in [0, 0.05) is 39.6 Å². The van der Waals surface area contributed by atoms with E-state index in [1.54, 1.807) is 43.3 Å². The molecule has 1 atom stereocenters. The Hall–Kier alpha value is -2.78. The number of carbonyl (C=O) groups excluding carboxylic acids is 2. The summed E-state index contributed by atoms with van der Waals surface area (Å²) in [6.07, 6.45) is 6.14. The van der Waals surface area contributed by atoms with Crippen molar-refractivity contribution in [2.45, 2.75) is 64.1 Å². The van der Waals surface area contributed by atoms with Crippen LogP contribution < -0.4 is 9.62 Å². The number of nitrogens with zero attached hydrogens (tertiary/aromatic N) is 2. The molecule has 7 nitrogen and oxygen atoms in total. The number of rotatable bonds is 11. The second-order valence-electron chi connectivity index (χ2n) is 10.9. The van der Waals surface area contributed by atoms with Crippen LogP contribution in [0.4, 0.5) is 5.69 Å². The summed E-state index contributed by atoms with van der Waals surface area (Å²) in [5.74, 6) is -0.891. The molecule has 0 heterocycles. The summed E-state index contributed by atoms with van der Waals surface area (Å²) in [5, 5.41) is 4.21. The van der Waals surface area contributed by atoms with Gasteiger partial charge in [-0.3, -0.25) is 13.9 Å². The van der Waals surface area contributed by atoms with Crippen LogP contribution in [-0.2, 0) is 32.6 Å². The minimum Gasteiger partial charge on any atom is -0.352 e. The lowest BCUT2D eigenvalue weighted by Gasteiger charge is -2.35. The second kappa shape index (κ2) is 14.8. The third-order valence-electron chi connectivity index (χ3n) is 7.80. The van der Waals surface area contributed by atoms with Crippen LogP contribution in [0.25, 0.3) is 0 Å². The molecular formula is C32H36Cl3N3O4S. The van der Waals surface area contributed by atoms with Crippen molar-refractivity contribution in [3.05, 3.63) is 98.5 Å². The van der Waals surface area contributed by atoms with Crippen LogP contribution in [0.3, 0.4) is 0 Å². The van der Waals surface area contributed by atoms with Crippen molar-refractivity contribution in [2.24, 2.45) is 0 Å². The monoisotopic (exact) mass is 663 g/mol. The van der Waals surface area contributed by atoms with E-state index in [1.165, 1.54) is 4.90 Å². The van der Waals surface area contributed by atoms with Gasteiger partial charge >= 0.3 is 0 Å². The Labute approximate surface area is 269 Å². The van der Waals surface area contributed by atoms with Gasteiger partial charge in [-0.25, -0.2) is 8.42 Å². The smallest absolute Gasteiger partial charge is 0.244 e. The molecule has 2 amide bonds. The molecular weight excluding hydrogens is 629 g/mol. The molecule has 43 heavy (non-hydrogen) atoms. The molecule has 1 aliphatic carbocycles. The Morgan fingerprint density at radius 3 is 2.12 bits per heavy atom. The van der Waals surface area contributed by atoms with E-state index in [0.717, 1.165) is 48.2 Å². The lowest BCUT2D eigenvalue weighted by molar-refractivity contribution is -0.140. The summed E-state index contributed by atoms with van der Waals surface area (Å²) < 4.78 is 27.2. The van der Waals surface area contributed by atoms with Crippen LogP contribution in [0.2, 0.25) is 15.1 Å². The zero-order valence-electron chi connectivity index (χ0n) is 24.2. The molecule has 11 heteroatoms. The Morgan fingerprint density at radius 1 is 0.884 bits per heavy atom. The fourth-order valence-electron chi connectivity index (χ4n) is 5.41. The maximum Gasteiger partial charge on any atom is 0.244 e. The van der Waals surface area contributed by atoms with Gasteiger partial charge in [-0.1, -0.05) is 96.5 Å². The first-order valence-electron chi connectivity index (χ1n) is 14.2. The fraction of sp³-hybridized carbons (Fsp3) is 0.375. The number of sulfonamides is 1. The fourth-order valence-corrected chi connectivity index (χ4v) is 7.00. The molecule has 1 fully saturated rings. The van der Waals surface area contributed by atoms with Crippen LogP contribution >= 0.6 is 34.8 Å². The molecule has 0 aromatic heterocycles. The number of benzene rings is 3. The molecule has 1 N–H and O–H groups in total. The van der Waals surface area contributed by atoms with Gasteiger partial charge < -0.3 is 10.2 Å². The minimum absolute atomic E-state index is 0.00186. The van der Waals surface area contributed by atoms with Crippen molar-refractivity contribution in [1.29, 1.82) is 0 Å². The maximum atomic E-state index is 14.3. The predicted molar refractivity (Wildman–Crippen MR) is 174 cm³/mol. The molecule has 3 aromatic rings. The van der Waals surface area contributed by atoms with Gasteiger partial charge in [0.2, 0.25) is 21.8 Å². The predicted octanol–water partition coefficient (Wildman–Crippen LogP) is 6.81. The van der Waals surface area contributed by atoms with Crippen molar-refractivity contribution >= 4 is 62.3 Å². The number of hydrogen-bond donors (Lipinski definition) is 1. The molecule has 1 aliphatic rings. The highest BCUT2D eigenvalue weighted by Crippen LogP contribution is 2.30. The minimum atomic E-state index is -3.93.